The predicted octanol–water partition coefficient (Wildman–Crippen LogP) is 7.46. The quantitative estimate of drug-likeness (QED) is 0.237. The number of methoxy groups -OCH3 is 1. The van der Waals surface area contributed by atoms with Gasteiger partial charge < -0.3 is 19.9 Å². The van der Waals surface area contributed by atoms with E-state index < -0.39 is 22.4 Å². The molecule has 2 N–H and O–H groups in total. The third-order valence-electron chi connectivity index (χ3n) is 6.91. The summed E-state index contributed by atoms with van der Waals surface area (Å²) in [5.74, 6) is 0.588. The van der Waals surface area contributed by atoms with Gasteiger partial charge in [-0.1, -0.05) is 47.5 Å². The van der Waals surface area contributed by atoms with Crippen LogP contribution in [0.3, 0.4) is 0 Å². The normalized spacial score (nSPS) is 15.2. The number of benzene rings is 3. The number of halogens is 6. The zero-order valence-corrected chi connectivity index (χ0v) is 24.9. The number of anilines is 1. The minimum absolute atomic E-state index is 0. The molecule has 3 aromatic rings. The molecular weight excluding hydrogens is 616 g/mol. The number of hydrogen-bond donors (Lipinski definition) is 2. The summed E-state index contributed by atoms with van der Waals surface area (Å²) in [7, 11) is 1.51. The Hall–Kier alpha value is -2.95. The molecule has 6 nitrogen and oxygen atoms in total. The number of aliphatic hydroxyl groups is 1. The lowest BCUT2D eigenvalue weighted by Gasteiger charge is -2.38. The van der Waals surface area contributed by atoms with E-state index in [-0.39, 0.29) is 43.3 Å². The van der Waals surface area contributed by atoms with Gasteiger partial charge in [0.2, 0.25) is 5.91 Å². The monoisotopic (exact) mass is 644 g/mol. The molecule has 0 radical (unpaired) electrons. The Kier molecular flexibility index (Phi) is 11.6. The van der Waals surface area contributed by atoms with E-state index in [4.69, 9.17) is 32.7 Å². The number of hydrogen-bond acceptors (Lipinski definition) is 5. The number of rotatable bonds is 9. The topological polar surface area (TPSA) is 71.0 Å². The standard InChI is InChI=1S/C30H29Cl2F3N2O4.ClH/c1-40-26-10-8-22(36-28(38)11-6-20-4-2-3-5-24(20)31)19-27(26)41-17-16-37-14-12-29(39,13-15-37)21-7-9-25(32)23(18-21)30(33,34)35;/h2-11,18-19,39H,12-17H2,1H3,(H,36,38);1H/b11-6+;. The molecule has 0 bridgehead atoms. The molecule has 226 valence electrons. The van der Waals surface area contributed by atoms with Gasteiger partial charge in [0, 0.05) is 42.5 Å². The lowest BCUT2D eigenvalue weighted by molar-refractivity contribution is -0.137. The average Bonchev–Trinajstić information content (AvgIpc) is 2.93. The van der Waals surface area contributed by atoms with Crippen molar-refractivity contribution >= 4 is 53.3 Å². The van der Waals surface area contributed by atoms with Crippen molar-refractivity contribution in [3.8, 4) is 11.5 Å². The lowest BCUT2D eigenvalue weighted by atomic mass is 9.83. The van der Waals surface area contributed by atoms with E-state index in [1.54, 1.807) is 42.5 Å². The number of ether oxygens (including phenoxy) is 2. The fourth-order valence-corrected chi connectivity index (χ4v) is 5.00. The van der Waals surface area contributed by atoms with Crippen molar-refractivity contribution in [2.45, 2.75) is 24.6 Å². The van der Waals surface area contributed by atoms with Crippen LogP contribution in [0.4, 0.5) is 18.9 Å². The van der Waals surface area contributed by atoms with E-state index in [9.17, 15) is 23.1 Å². The summed E-state index contributed by atoms with van der Waals surface area (Å²) in [4.78, 5) is 14.5. The number of nitrogens with zero attached hydrogens (tertiary/aromatic N) is 1. The zero-order chi connectivity index (χ0) is 29.6. The van der Waals surface area contributed by atoms with Gasteiger partial charge in [0.15, 0.2) is 11.5 Å². The Labute approximate surface area is 258 Å². The van der Waals surface area contributed by atoms with Gasteiger partial charge in [-0.05, 0) is 60.4 Å². The van der Waals surface area contributed by atoms with Gasteiger partial charge >= 0.3 is 6.18 Å². The molecule has 3 aromatic carbocycles. The number of amides is 1. The van der Waals surface area contributed by atoms with Crippen LogP contribution in [0.5, 0.6) is 11.5 Å². The fraction of sp³-hybridized carbons (Fsp3) is 0.300. The van der Waals surface area contributed by atoms with Crippen molar-refractivity contribution in [2.24, 2.45) is 0 Å². The Bertz CT molecular complexity index is 1410. The molecular formula is C30H30Cl3F3N2O4. The number of piperidine rings is 1. The predicted molar refractivity (Wildman–Crippen MR) is 161 cm³/mol. The number of alkyl halides is 3. The van der Waals surface area contributed by atoms with E-state index in [2.05, 4.69) is 10.2 Å². The Morgan fingerprint density at radius 2 is 1.76 bits per heavy atom. The van der Waals surface area contributed by atoms with Crippen LogP contribution in [0.15, 0.2) is 66.7 Å². The van der Waals surface area contributed by atoms with Crippen LogP contribution in [-0.4, -0.2) is 49.3 Å². The van der Waals surface area contributed by atoms with Crippen LogP contribution in [0.25, 0.3) is 6.08 Å². The molecule has 1 saturated heterocycles. The summed E-state index contributed by atoms with van der Waals surface area (Å²) in [5.41, 5.74) is -0.893. The summed E-state index contributed by atoms with van der Waals surface area (Å²) in [6.07, 6.45) is -1.06. The minimum Gasteiger partial charge on any atom is -0.493 e. The highest BCUT2D eigenvalue weighted by Gasteiger charge is 2.38. The Morgan fingerprint density at radius 3 is 2.43 bits per heavy atom. The molecule has 1 fully saturated rings. The van der Waals surface area contributed by atoms with Crippen molar-refractivity contribution in [3.05, 3.63) is 93.5 Å². The maximum absolute atomic E-state index is 13.3. The maximum atomic E-state index is 13.3. The molecule has 0 aliphatic carbocycles. The number of carbonyl (C=O) groups excluding carboxylic acids is 1. The van der Waals surface area contributed by atoms with Gasteiger partial charge in [-0.15, -0.1) is 12.4 Å². The highest BCUT2D eigenvalue weighted by atomic mass is 35.5. The van der Waals surface area contributed by atoms with Crippen molar-refractivity contribution in [1.29, 1.82) is 0 Å². The van der Waals surface area contributed by atoms with Crippen LogP contribution >= 0.6 is 35.6 Å². The Morgan fingerprint density at radius 1 is 1.05 bits per heavy atom. The molecule has 0 aromatic heterocycles. The SMILES string of the molecule is COc1ccc(NC(=O)/C=C/c2ccccc2Cl)cc1OCCN1CCC(O)(c2ccc(Cl)c(C(F)(F)F)c2)CC1.Cl. The van der Waals surface area contributed by atoms with Crippen molar-refractivity contribution in [1.82, 2.24) is 4.90 Å². The summed E-state index contributed by atoms with van der Waals surface area (Å²) in [6, 6.07) is 15.8. The molecule has 1 aliphatic rings. The first-order chi connectivity index (χ1) is 19.5. The highest BCUT2D eigenvalue weighted by Crippen LogP contribution is 2.40. The smallest absolute Gasteiger partial charge is 0.417 e. The van der Waals surface area contributed by atoms with Gasteiger partial charge in [-0.2, -0.15) is 13.2 Å². The second-order valence-corrected chi connectivity index (χ2v) is 10.4. The largest absolute Gasteiger partial charge is 0.493 e. The van der Waals surface area contributed by atoms with E-state index in [0.29, 0.717) is 41.8 Å². The second-order valence-electron chi connectivity index (χ2n) is 9.62. The molecule has 0 spiro atoms. The minimum atomic E-state index is -4.60. The molecule has 1 heterocycles. The summed E-state index contributed by atoms with van der Waals surface area (Å²) in [6.45, 7) is 1.74. The van der Waals surface area contributed by atoms with E-state index >= 15 is 0 Å². The van der Waals surface area contributed by atoms with Gasteiger partial charge in [0.05, 0.1) is 23.3 Å². The number of likely N-dealkylation sites (tertiary alicyclic amines) is 1. The summed E-state index contributed by atoms with van der Waals surface area (Å²) in [5, 5.41) is 14.0. The maximum Gasteiger partial charge on any atom is 0.417 e. The van der Waals surface area contributed by atoms with Gasteiger partial charge in [0.1, 0.15) is 6.61 Å². The van der Waals surface area contributed by atoms with Crippen LogP contribution in [0.2, 0.25) is 10.0 Å². The first-order valence-corrected chi connectivity index (χ1v) is 13.6. The molecule has 0 atom stereocenters. The van der Waals surface area contributed by atoms with Gasteiger partial charge in [-0.3, -0.25) is 9.69 Å². The molecule has 0 unspecified atom stereocenters. The first-order valence-electron chi connectivity index (χ1n) is 12.8. The number of carbonyl (C=O) groups is 1. The second kappa shape index (κ2) is 14.5. The fourth-order valence-electron chi connectivity index (χ4n) is 4.58. The lowest BCUT2D eigenvalue weighted by Crippen LogP contribution is -2.44. The summed E-state index contributed by atoms with van der Waals surface area (Å²) >= 11 is 11.9. The van der Waals surface area contributed by atoms with Crippen molar-refractivity contribution in [3.63, 3.8) is 0 Å². The average molecular weight is 646 g/mol. The van der Waals surface area contributed by atoms with Crippen LogP contribution in [-0.2, 0) is 16.6 Å². The van der Waals surface area contributed by atoms with Crippen LogP contribution in [0, 0.1) is 0 Å². The molecule has 0 saturated carbocycles. The molecule has 12 heteroatoms. The van der Waals surface area contributed by atoms with Crippen molar-refractivity contribution < 1.29 is 32.5 Å². The number of nitrogens with one attached hydrogen (secondary N) is 1. The van der Waals surface area contributed by atoms with E-state index in [0.717, 1.165) is 11.6 Å². The van der Waals surface area contributed by atoms with Gasteiger partial charge in [-0.25, -0.2) is 0 Å². The highest BCUT2D eigenvalue weighted by molar-refractivity contribution is 6.32. The van der Waals surface area contributed by atoms with E-state index in [1.165, 1.54) is 25.3 Å². The molecule has 42 heavy (non-hydrogen) atoms. The zero-order valence-electron chi connectivity index (χ0n) is 22.6. The van der Waals surface area contributed by atoms with E-state index in [1.807, 2.05) is 6.07 Å². The summed E-state index contributed by atoms with van der Waals surface area (Å²) < 4.78 is 51.2. The van der Waals surface area contributed by atoms with Crippen LogP contribution in [0.1, 0.15) is 29.5 Å². The first kappa shape index (κ1) is 33.6. The third kappa shape index (κ3) is 8.55. The molecule has 1 amide bonds. The van der Waals surface area contributed by atoms with Gasteiger partial charge in [0.25, 0.3) is 0 Å². The Balaban J connectivity index is 0.00000484. The molecule has 1 aliphatic heterocycles. The third-order valence-corrected chi connectivity index (χ3v) is 7.58. The van der Waals surface area contributed by atoms with Crippen molar-refractivity contribution in [2.75, 3.05) is 38.7 Å². The van der Waals surface area contributed by atoms with Crippen LogP contribution < -0.4 is 14.8 Å². The molecule has 4 rings (SSSR count).